The van der Waals surface area contributed by atoms with Crippen LogP contribution in [0.5, 0.6) is 0 Å². The summed E-state index contributed by atoms with van der Waals surface area (Å²) < 4.78 is 27.7. The number of amides is 2. The lowest BCUT2D eigenvalue weighted by Crippen LogP contribution is -2.35. The van der Waals surface area contributed by atoms with Crippen molar-refractivity contribution in [3.63, 3.8) is 0 Å². The fourth-order valence-corrected chi connectivity index (χ4v) is 5.23. The second-order valence-corrected chi connectivity index (χ2v) is 11.1. The van der Waals surface area contributed by atoms with Crippen LogP contribution in [0.2, 0.25) is 0 Å². The molecule has 3 aromatic rings. The maximum atomic E-state index is 12.7. The van der Waals surface area contributed by atoms with Crippen molar-refractivity contribution in [2.45, 2.75) is 35.3 Å². The van der Waals surface area contributed by atoms with Crippen LogP contribution in [0.4, 0.5) is 11.4 Å². The molecule has 10 heteroatoms. The summed E-state index contributed by atoms with van der Waals surface area (Å²) in [6, 6.07) is 22.4. The summed E-state index contributed by atoms with van der Waals surface area (Å²) in [6.45, 7) is 3.64. The molecule has 2 N–H and O–H groups in total. The summed E-state index contributed by atoms with van der Waals surface area (Å²) >= 11 is 1.31. The van der Waals surface area contributed by atoms with Gasteiger partial charge >= 0.3 is 0 Å². The molecule has 35 heavy (non-hydrogen) atoms. The van der Waals surface area contributed by atoms with E-state index in [0.717, 1.165) is 10.5 Å². The predicted octanol–water partition coefficient (Wildman–Crippen LogP) is 4.14. The molecular weight excluding hydrogens is 484 g/mol. The molecule has 0 aromatic heterocycles. The van der Waals surface area contributed by atoms with E-state index in [0.29, 0.717) is 17.2 Å². The zero-order chi connectivity index (χ0) is 25.0. The van der Waals surface area contributed by atoms with Crippen LogP contribution in [-0.2, 0) is 19.6 Å². The quantitative estimate of drug-likeness (QED) is 0.467. The van der Waals surface area contributed by atoms with Gasteiger partial charge < -0.3 is 5.32 Å². The van der Waals surface area contributed by atoms with Crippen LogP contribution in [0.3, 0.4) is 0 Å². The van der Waals surface area contributed by atoms with Crippen LogP contribution in [0.1, 0.15) is 18.9 Å². The number of hydrogen-bond acceptors (Lipinski definition) is 6. The third-order valence-corrected chi connectivity index (χ3v) is 7.67. The minimum Gasteiger partial charge on any atom is -0.311 e. The molecule has 1 aliphatic heterocycles. The lowest BCUT2D eigenvalue weighted by Gasteiger charge is -2.13. The maximum Gasteiger partial charge on any atom is 0.261 e. The van der Waals surface area contributed by atoms with Gasteiger partial charge in [0, 0.05) is 10.6 Å². The first-order valence-electron chi connectivity index (χ1n) is 10.8. The number of para-hydroxylation sites is 1. The molecule has 0 spiro atoms. The van der Waals surface area contributed by atoms with Gasteiger partial charge in [-0.3, -0.25) is 14.3 Å². The molecule has 0 saturated heterocycles. The average molecular weight is 509 g/mol. The van der Waals surface area contributed by atoms with Crippen molar-refractivity contribution in [3.8, 4) is 0 Å². The van der Waals surface area contributed by atoms with Crippen molar-refractivity contribution in [3.05, 3.63) is 84.4 Å². The van der Waals surface area contributed by atoms with Crippen LogP contribution in [0.15, 0.2) is 93.8 Å². The van der Waals surface area contributed by atoms with E-state index in [1.165, 1.54) is 16.8 Å². The number of aryl methyl sites for hydroxylation is 1. The molecule has 180 valence electrons. The number of rotatable bonds is 7. The largest absolute Gasteiger partial charge is 0.311 e. The summed E-state index contributed by atoms with van der Waals surface area (Å²) in [4.78, 5) is 25.9. The summed E-state index contributed by atoms with van der Waals surface area (Å²) in [5, 5.41) is 7.79. The Labute approximate surface area is 208 Å². The summed E-state index contributed by atoms with van der Waals surface area (Å²) in [7, 11) is -3.69. The lowest BCUT2D eigenvalue weighted by molar-refractivity contribution is -0.118. The molecule has 0 aliphatic carbocycles. The third kappa shape index (κ3) is 6.09. The summed E-state index contributed by atoms with van der Waals surface area (Å²) in [5.41, 5.74) is 2.04. The van der Waals surface area contributed by atoms with E-state index in [-0.39, 0.29) is 23.1 Å². The van der Waals surface area contributed by atoms with Gasteiger partial charge in [-0.1, -0.05) is 35.9 Å². The van der Waals surface area contributed by atoms with Gasteiger partial charge in [-0.15, -0.1) is 11.8 Å². The van der Waals surface area contributed by atoms with Crippen molar-refractivity contribution < 1.29 is 18.0 Å². The number of anilines is 2. The molecule has 1 atom stereocenters. The van der Waals surface area contributed by atoms with Crippen LogP contribution >= 0.6 is 11.8 Å². The van der Waals surface area contributed by atoms with Crippen molar-refractivity contribution in [2.75, 3.05) is 9.73 Å². The highest BCUT2D eigenvalue weighted by molar-refractivity contribution is 8.00. The van der Waals surface area contributed by atoms with Crippen molar-refractivity contribution in [1.29, 1.82) is 0 Å². The van der Waals surface area contributed by atoms with Gasteiger partial charge in [0.2, 0.25) is 5.91 Å². The van der Waals surface area contributed by atoms with Crippen molar-refractivity contribution in [1.82, 2.24) is 5.32 Å². The first-order valence-corrected chi connectivity index (χ1v) is 13.2. The van der Waals surface area contributed by atoms with Crippen LogP contribution in [0, 0.1) is 6.92 Å². The second-order valence-electron chi connectivity index (χ2n) is 7.96. The number of nitrogens with zero attached hydrogens (tertiary/aromatic N) is 2. The highest BCUT2D eigenvalue weighted by Crippen LogP contribution is 2.26. The summed E-state index contributed by atoms with van der Waals surface area (Å²) in [6.07, 6.45) is 0.0217. The molecule has 0 fully saturated rings. The Bertz CT molecular complexity index is 1360. The number of sulfonamides is 1. The summed E-state index contributed by atoms with van der Waals surface area (Å²) in [5.74, 6) is -0.187. The van der Waals surface area contributed by atoms with Crippen molar-refractivity contribution >= 4 is 50.8 Å². The average Bonchev–Trinajstić information content (AvgIpc) is 3.20. The van der Waals surface area contributed by atoms with Gasteiger partial charge in [-0.2, -0.15) is 10.1 Å². The molecule has 1 aliphatic rings. The van der Waals surface area contributed by atoms with Gasteiger partial charge in [0.05, 0.1) is 22.3 Å². The van der Waals surface area contributed by atoms with Gasteiger partial charge in [-0.05, 0) is 62.4 Å². The number of thioether (sulfide) groups is 1. The molecule has 1 unspecified atom stereocenters. The molecule has 4 rings (SSSR count). The molecule has 0 bridgehead atoms. The molecular formula is C25H24N4O4S2. The van der Waals surface area contributed by atoms with Crippen LogP contribution in [-0.4, -0.2) is 31.3 Å². The molecule has 0 saturated carbocycles. The number of benzene rings is 3. The number of nitrogens with one attached hydrogen (secondary N) is 2. The van der Waals surface area contributed by atoms with Crippen molar-refractivity contribution in [2.24, 2.45) is 5.10 Å². The van der Waals surface area contributed by atoms with E-state index in [1.807, 2.05) is 25.1 Å². The number of amidine groups is 1. The Hall–Kier alpha value is -3.63. The predicted molar refractivity (Wildman–Crippen MR) is 138 cm³/mol. The topological polar surface area (TPSA) is 108 Å². The van der Waals surface area contributed by atoms with Gasteiger partial charge in [-0.25, -0.2) is 8.42 Å². The second kappa shape index (κ2) is 10.3. The van der Waals surface area contributed by atoms with E-state index in [9.17, 15) is 18.0 Å². The normalized spacial score (nSPS) is 14.4. The Kier molecular flexibility index (Phi) is 7.23. The zero-order valence-corrected chi connectivity index (χ0v) is 20.8. The first kappa shape index (κ1) is 24.5. The van der Waals surface area contributed by atoms with Crippen LogP contribution in [0.25, 0.3) is 0 Å². The van der Waals surface area contributed by atoms with E-state index >= 15 is 0 Å². The number of carbonyl (C=O) groups is 2. The monoisotopic (exact) mass is 508 g/mol. The van der Waals surface area contributed by atoms with E-state index < -0.39 is 15.3 Å². The SMILES string of the molecule is Cc1ccc(S(=O)(=O)Nc2ccc(SC(C)C(=O)NC3=NN(c4ccccc4)C(=O)C3)cc2)cc1. The Morgan fingerprint density at radius 1 is 1.00 bits per heavy atom. The maximum absolute atomic E-state index is 12.7. The minimum absolute atomic E-state index is 0.0217. The van der Waals surface area contributed by atoms with E-state index in [4.69, 9.17) is 0 Å². The highest BCUT2D eigenvalue weighted by Gasteiger charge is 2.27. The zero-order valence-electron chi connectivity index (χ0n) is 19.1. The smallest absolute Gasteiger partial charge is 0.261 e. The van der Waals surface area contributed by atoms with E-state index in [1.54, 1.807) is 67.6 Å². The Morgan fingerprint density at radius 2 is 1.66 bits per heavy atom. The Balaban J connectivity index is 1.34. The Morgan fingerprint density at radius 3 is 2.31 bits per heavy atom. The van der Waals surface area contributed by atoms with Gasteiger partial charge in [0.25, 0.3) is 15.9 Å². The molecule has 2 amide bonds. The fourth-order valence-electron chi connectivity index (χ4n) is 3.30. The molecule has 0 radical (unpaired) electrons. The number of hydrogen-bond donors (Lipinski definition) is 2. The van der Waals surface area contributed by atoms with Gasteiger partial charge in [0.1, 0.15) is 5.84 Å². The standard InChI is InChI=1S/C25H24N4O4S2/c1-17-8-14-22(15-9-17)35(32,33)28-19-10-12-21(13-11-19)34-18(2)25(31)26-23-16-24(30)29(27-23)20-6-4-3-5-7-20/h3-15,18,28H,16H2,1-2H3,(H,26,27,31). The highest BCUT2D eigenvalue weighted by atomic mass is 32.2. The fraction of sp³-hybridized carbons (Fsp3) is 0.160. The number of hydrazone groups is 1. The van der Waals surface area contributed by atoms with Gasteiger partial charge in [0.15, 0.2) is 0 Å². The lowest BCUT2D eigenvalue weighted by atomic mass is 10.2. The molecule has 8 nitrogen and oxygen atoms in total. The van der Waals surface area contributed by atoms with E-state index in [2.05, 4.69) is 15.1 Å². The van der Waals surface area contributed by atoms with Crippen LogP contribution < -0.4 is 15.0 Å². The third-order valence-electron chi connectivity index (χ3n) is 5.16. The number of carbonyl (C=O) groups excluding carboxylic acids is 2. The first-order chi connectivity index (χ1) is 16.7. The minimum atomic E-state index is -3.69. The molecule has 1 heterocycles. The molecule has 3 aromatic carbocycles.